The lowest BCUT2D eigenvalue weighted by molar-refractivity contribution is -0.129. The van der Waals surface area contributed by atoms with Crippen LogP contribution in [-0.2, 0) is 11.2 Å². The second kappa shape index (κ2) is 5.87. The van der Waals surface area contributed by atoms with Gasteiger partial charge in [-0.25, -0.2) is 0 Å². The van der Waals surface area contributed by atoms with E-state index in [1.165, 1.54) is 0 Å². The number of furan rings is 1. The second-order valence-corrected chi connectivity index (χ2v) is 9.48. The van der Waals surface area contributed by atoms with Gasteiger partial charge in [0.05, 0.1) is 16.2 Å². The first-order chi connectivity index (χ1) is 12.2. The maximum absolute atomic E-state index is 12.9. The summed E-state index contributed by atoms with van der Waals surface area (Å²) < 4.78 is 5.76. The average Bonchev–Trinajstić information content (AvgIpc) is 3.17. The smallest absolute Gasteiger partial charge is 0.289 e. The van der Waals surface area contributed by atoms with Crippen LogP contribution in [0.5, 0.6) is 0 Å². The van der Waals surface area contributed by atoms with E-state index in [1.54, 1.807) is 22.7 Å². The van der Waals surface area contributed by atoms with Crippen molar-refractivity contribution in [3.05, 3.63) is 23.2 Å². The molecule has 2 saturated heterocycles. The Morgan fingerprint density at radius 1 is 1.19 bits per heavy atom. The largest absolute Gasteiger partial charge is 0.455 e. The van der Waals surface area contributed by atoms with E-state index < -0.39 is 5.41 Å². The SMILES string of the molecule is CN1C(=O)CSC12CCN(C(=O)c1cc3c(o1)CCC(C)(C)C3=O)CC2. The first-order valence-electron chi connectivity index (χ1n) is 9.11. The molecule has 3 aliphatic rings. The van der Waals surface area contributed by atoms with E-state index in [0.717, 1.165) is 19.3 Å². The summed E-state index contributed by atoms with van der Waals surface area (Å²) in [5, 5.41) is 0. The molecule has 1 aromatic rings. The van der Waals surface area contributed by atoms with Crippen molar-refractivity contribution >= 4 is 29.4 Å². The highest BCUT2D eigenvalue weighted by atomic mass is 32.2. The van der Waals surface area contributed by atoms with E-state index in [0.29, 0.717) is 36.6 Å². The predicted octanol–water partition coefficient (Wildman–Crippen LogP) is 2.57. The predicted molar refractivity (Wildman–Crippen MR) is 98.2 cm³/mol. The standard InChI is InChI=1S/C19H24N2O4S/c1-18(2)5-4-13-12(16(18)23)10-14(25-13)17(24)21-8-6-19(7-9-21)20(3)15(22)11-26-19/h10H,4-9,11H2,1-3H3. The van der Waals surface area contributed by atoms with Gasteiger partial charge in [0.1, 0.15) is 5.76 Å². The van der Waals surface area contributed by atoms with Crippen molar-refractivity contribution in [1.29, 1.82) is 0 Å². The van der Waals surface area contributed by atoms with E-state index in [1.807, 2.05) is 25.8 Å². The van der Waals surface area contributed by atoms with Gasteiger partial charge < -0.3 is 14.2 Å². The van der Waals surface area contributed by atoms with E-state index in [-0.39, 0.29) is 28.2 Å². The van der Waals surface area contributed by atoms with Gasteiger partial charge in [0.15, 0.2) is 11.5 Å². The summed E-state index contributed by atoms with van der Waals surface area (Å²) in [6.45, 7) is 5.06. The van der Waals surface area contributed by atoms with Crippen LogP contribution in [0.25, 0.3) is 0 Å². The average molecular weight is 376 g/mol. The van der Waals surface area contributed by atoms with Crippen molar-refractivity contribution in [3.63, 3.8) is 0 Å². The van der Waals surface area contributed by atoms with Gasteiger partial charge in [-0.1, -0.05) is 13.8 Å². The van der Waals surface area contributed by atoms with E-state index in [9.17, 15) is 14.4 Å². The third kappa shape index (κ3) is 2.59. The van der Waals surface area contributed by atoms with Crippen LogP contribution in [0.3, 0.4) is 0 Å². The third-order valence-electron chi connectivity index (χ3n) is 6.14. The number of piperidine rings is 1. The molecule has 3 heterocycles. The van der Waals surface area contributed by atoms with Crippen molar-refractivity contribution < 1.29 is 18.8 Å². The van der Waals surface area contributed by atoms with Crippen LogP contribution in [-0.4, -0.2) is 58.2 Å². The van der Waals surface area contributed by atoms with Gasteiger partial charge >= 0.3 is 0 Å². The van der Waals surface area contributed by atoms with Crippen molar-refractivity contribution in [2.45, 2.75) is 44.4 Å². The van der Waals surface area contributed by atoms with E-state index in [4.69, 9.17) is 4.42 Å². The van der Waals surface area contributed by atoms with Crippen molar-refractivity contribution in [2.75, 3.05) is 25.9 Å². The summed E-state index contributed by atoms with van der Waals surface area (Å²) >= 11 is 1.68. The fourth-order valence-corrected chi connectivity index (χ4v) is 5.48. The minimum atomic E-state index is -0.397. The second-order valence-electron chi connectivity index (χ2n) is 8.14. The molecule has 0 aromatic carbocycles. The molecule has 2 amide bonds. The molecule has 1 spiro atoms. The number of thioether (sulfide) groups is 1. The molecule has 140 valence electrons. The zero-order valence-electron chi connectivity index (χ0n) is 15.5. The number of nitrogens with zero attached hydrogens (tertiary/aromatic N) is 2. The molecule has 1 aromatic heterocycles. The number of carbonyl (C=O) groups excluding carboxylic acids is 3. The highest BCUT2D eigenvalue weighted by Gasteiger charge is 2.47. The van der Waals surface area contributed by atoms with Crippen LogP contribution in [0.2, 0.25) is 0 Å². The summed E-state index contributed by atoms with van der Waals surface area (Å²) in [7, 11) is 1.85. The van der Waals surface area contributed by atoms with Gasteiger partial charge in [0, 0.05) is 38.0 Å². The molecule has 7 heteroatoms. The number of aryl methyl sites for hydroxylation is 1. The topological polar surface area (TPSA) is 70.8 Å². The Labute approximate surface area is 157 Å². The van der Waals surface area contributed by atoms with Gasteiger partial charge in [-0.2, -0.15) is 0 Å². The lowest BCUT2D eigenvalue weighted by Crippen LogP contribution is -2.51. The van der Waals surface area contributed by atoms with Gasteiger partial charge in [-0.05, 0) is 19.3 Å². The van der Waals surface area contributed by atoms with Crippen molar-refractivity contribution in [2.24, 2.45) is 5.41 Å². The van der Waals surface area contributed by atoms with Gasteiger partial charge in [-0.15, -0.1) is 11.8 Å². The van der Waals surface area contributed by atoms with Crippen LogP contribution in [0, 0.1) is 5.41 Å². The minimum Gasteiger partial charge on any atom is -0.455 e. The fourth-order valence-electron chi connectivity index (χ4n) is 4.13. The third-order valence-corrected chi connectivity index (χ3v) is 7.75. The van der Waals surface area contributed by atoms with Crippen LogP contribution in [0.1, 0.15) is 59.8 Å². The van der Waals surface area contributed by atoms with Crippen LogP contribution >= 0.6 is 11.8 Å². The maximum atomic E-state index is 12.9. The first-order valence-corrected chi connectivity index (χ1v) is 10.1. The van der Waals surface area contributed by atoms with Crippen molar-refractivity contribution in [1.82, 2.24) is 9.80 Å². The van der Waals surface area contributed by atoms with Crippen LogP contribution in [0.15, 0.2) is 10.5 Å². The number of carbonyl (C=O) groups is 3. The number of rotatable bonds is 1. The Kier molecular flexibility index (Phi) is 3.99. The lowest BCUT2D eigenvalue weighted by Gasteiger charge is -2.42. The minimum absolute atomic E-state index is 0.0571. The monoisotopic (exact) mass is 376 g/mol. The van der Waals surface area contributed by atoms with Gasteiger partial charge in [-0.3, -0.25) is 14.4 Å². The number of amides is 2. The lowest BCUT2D eigenvalue weighted by atomic mass is 9.75. The molecule has 0 atom stereocenters. The summed E-state index contributed by atoms with van der Waals surface area (Å²) in [5.41, 5.74) is 0.167. The van der Waals surface area contributed by atoms with Crippen LogP contribution < -0.4 is 0 Å². The molecule has 2 fully saturated rings. The molecule has 0 N–H and O–H groups in total. The Balaban J connectivity index is 1.49. The van der Waals surface area contributed by atoms with E-state index in [2.05, 4.69) is 0 Å². The fraction of sp³-hybridized carbons (Fsp3) is 0.632. The molecule has 2 aliphatic heterocycles. The molecule has 0 saturated carbocycles. The highest BCUT2D eigenvalue weighted by Crippen LogP contribution is 2.43. The summed E-state index contributed by atoms with van der Waals surface area (Å²) in [4.78, 5) is 40.7. The number of hydrogen-bond acceptors (Lipinski definition) is 5. The Morgan fingerprint density at radius 2 is 1.88 bits per heavy atom. The molecule has 4 rings (SSSR count). The Morgan fingerprint density at radius 3 is 2.50 bits per heavy atom. The highest BCUT2D eigenvalue weighted by molar-refractivity contribution is 8.01. The van der Waals surface area contributed by atoms with Crippen LogP contribution in [0.4, 0.5) is 0 Å². The zero-order chi connectivity index (χ0) is 18.7. The number of hydrogen-bond donors (Lipinski definition) is 0. The number of fused-ring (bicyclic) bond motifs is 1. The molecule has 0 unspecified atom stereocenters. The van der Waals surface area contributed by atoms with Crippen molar-refractivity contribution in [3.8, 4) is 0 Å². The molecule has 6 nitrogen and oxygen atoms in total. The van der Waals surface area contributed by atoms with E-state index >= 15 is 0 Å². The normalized spacial score (nSPS) is 24.3. The molecule has 26 heavy (non-hydrogen) atoms. The molecular weight excluding hydrogens is 352 g/mol. The number of Topliss-reactive ketones (excluding diaryl/α,β-unsaturated/α-hetero) is 1. The summed E-state index contributed by atoms with van der Waals surface area (Å²) in [6, 6.07) is 1.63. The Bertz CT molecular complexity index is 789. The molecule has 0 bridgehead atoms. The first kappa shape index (κ1) is 17.6. The quantitative estimate of drug-likeness (QED) is 0.753. The maximum Gasteiger partial charge on any atom is 0.289 e. The number of likely N-dealkylation sites (tertiary alicyclic amines) is 1. The molecule has 1 aliphatic carbocycles. The van der Waals surface area contributed by atoms with Gasteiger partial charge in [0.2, 0.25) is 5.91 Å². The molecular formula is C19H24N2O4S. The number of ketones is 1. The van der Waals surface area contributed by atoms with Gasteiger partial charge in [0.25, 0.3) is 5.91 Å². The molecule has 0 radical (unpaired) electrons. The Hall–Kier alpha value is -1.76. The summed E-state index contributed by atoms with van der Waals surface area (Å²) in [6.07, 6.45) is 2.95. The zero-order valence-corrected chi connectivity index (χ0v) is 16.3. The summed E-state index contributed by atoms with van der Waals surface area (Å²) in [5.74, 6) is 1.49.